The van der Waals surface area contributed by atoms with Gasteiger partial charge in [0.15, 0.2) is 0 Å². The molecule has 5 rings (SSSR count). The van der Waals surface area contributed by atoms with Crippen LogP contribution in [0.5, 0.6) is 0 Å². The Bertz CT molecular complexity index is 1080. The number of pyridine rings is 1. The van der Waals surface area contributed by atoms with Crippen molar-refractivity contribution in [3.05, 3.63) is 88.2 Å². The summed E-state index contributed by atoms with van der Waals surface area (Å²) in [6.45, 7) is 4.24. The Morgan fingerprint density at radius 2 is 1.10 bits per heavy atom. The highest BCUT2D eigenvalue weighted by Gasteiger charge is 2.24. The zero-order chi connectivity index (χ0) is 20.5. The fraction of sp³-hybridized carbons (Fsp3) is 0.296. The van der Waals surface area contributed by atoms with Gasteiger partial charge in [-0.15, -0.1) is 0 Å². The molecule has 0 saturated heterocycles. The number of aromatic nitrogens is 1. The van der Waals surface area contributed by atoms with Gasteiger partial charge in [-0.1, -0.05) is 42.5 Å². The highest BCUT2D eigenvalue weighted by molar-refractivity contribution is 6.06. The molecule has 3 aromatic rings. The topological polar surface area (TPSA) is 37.6 Å². The van der Waals surface area contributed by atoms with E-state index in [0.29, 0.717) is 0 Å². The lowest BCUT2D eigenvalue weighted by Crippen LogP contribution is -2.21. The van der Waals surface area contributed by atoms with Gasteiger partial charge in [0.1, 0.15) is 0 Å². The van der Waals surface area contributed by atoms with Gasteiger partial charge in [0.2, 0.25) is 0 Å². The first-order valence-electron chi connectivity index (χ1n) is 11.0. The SMILES string of the molecule is Cc1ccccc1N=C1CCCc2cc3c(nc21)C(=Nc1ccccc1C)CCC3. The lowest BCUT2D eigenvalue weighted by molar-refractivity contribution is 0.791. The third-order valence-corrected chi connectivity index (χ3v) is 6.19. The third kappa shape index (κ3) is 3.60. The van der Waals surface area contributed by atoms with Crippen molar-refractivity contribution in [3.8, 4) is 0 Å². The molecule has 0 saturated carbocycles. The maximum absolute atomic E-state index is 5.21. The maximum Gasteiger partial charge on any atom is 0.0884 e. The van der Waals surface area contributed by atoms with Crippen molar-refractivity contribution in [2.75, 3.05) is 0 Å². The predicted octanol–water partition coefficient (Wildman–Crippen LogP) is 6.61. The van der Waals surface area contributed by atoms with Crippen LogP contribution in [-0.2, 0) is 12.8 Å². The number of aryl methyl sites for hydroxylation is 4. The molecule has 30 heavy (non-hydrogen) atoms. The molecular formula is C27H27N3. The van der Waals surface area contributed by atoms with Gasteiger partial charge in [0, 0.05) is 0 Å². The Kier molecular flexibility index (Phi) is 5.04. The Balaban J connectivity index is 1.62. The van der Waals surface area contributed by atoms with Crippen LogP contribution in [0.2, 0.25) is 0 Å². The molecule has 0 atom stereocenters. The van der Waals surface area contributed by atoms with E-state index in [2.05, 4.69) is 68.4 Å². The van der Waals surface area contributed by atoms with Crippen molar-refractivity contribution < 1.29 is 0 Å². The maximum atomic E-state index is 5.21. The first-order chi connectivity index (χ1) is 14.7. The number of rotatable bonds is 2. The molecular weight excluding hydrogens is 366 g/mol. The van der Waals surface area contributed by atoms with Crippen molar-refractivity contribution in [2.24, 2.45) is 9.98 Å². The largest absolute Gasteiger partial charge is 0.251 e. The molecule has 3 heteroatoms. The number of hydrogen-bond acceptors (Lipinski definition) is 3. The second-order valence-corrected chi connectivity index (χ2v) is 8.40. The van der Waals surface area contributed by atoms with Crippen molar-refractivity contribution in [3.63, 3.8) is 0 Å². The summed E-state index contributed by atoms with van der Waals surface area (Å²) in [6, 6.07) is 19.1. The fourth-order valence-electron chi connectivity index (χ4n) is 4.50. The van der Waals surface area contributed by atoms with Gasteiger partial charge in [0.05, 0.1) is 34.2 Å². The summed E-state index contributed by atoms with van der Waals surface area (Å²) in [7, 11) is 0. The van der Waals surface area contributed by atoms with Crippen LogP contribution in [0.15, 0.2) is 64.6 Å². The van der Waals surface area contributed by atoms with Crippen LogP contribution >= 0.6 is 0 Å². The van der Waals surface area contributed by atoms with Crippen molar-refractivity contribution in [1.29, 1.82) is 0 Å². The molecule has 2 aromatic carbocycles. The van der Waals surface area contributed by atoms with E-state index in [-0.39, 0.29) is 0 Å². The Hall–Kier alpha value is -3.07. The summed E-state index contributed by atoms with van der Waals surface area (Å²) >= 11 is 0. The van der Waals surface area contributed by atoms with Crippen LogP contribution in [0.1, 0.15) is 59.3 Å². The van der Waals surface area contributed by atoms with E-state index in [0.717, 1.165) is 72.7 Å². The summed E-state index contributed by atoms with van der Waals surface area (Å²) < 4.78 is 0. The zero-order valence-corrected chi connectivity index (χ0v) is 17.8. The minimum atomic E-state index is 0.984. The van der Waals surface area contributed by atoms with E-state index < -0.39 is 0 Å². The fourth-order valence-corrected chi connectivity index (χ4v) is 4.50. The highest BCUT2D eigenvalue weighted by atomic mass is 14.9. The molecule has 1 aromatic heterocycles. The summed E-state index contributed by atoms with van der Waals surface area (Å²) in [4.78, 5) is 15.3. The normalized spacial score (nSPS) is 18.3. The van der Waals surface area contributed by atoms with E-state index in [1.165, 1.54) is 22.3 Å². The lowest BCUT2D eigenvalue weighted by Gasteiger charge is -2.24. The van der Waals surface area contributed by atoms with Gasteiger partial charge in [-0.3, -0.25) is 9.98 Å². The summed E-state index contributed by atoms with van der Waals surface area (Å²) in [5, 5.41) is 0. The molecule has 0 unspecified atom stereocenters. The van der Waals surface area contributed by atoms with Crippen LogP contribution in [0, 0.1) is 13.8 Å². The van der Waals surface area contributed by atoms with Crippen LogP contribution < -0.4 is 0 Å². The molecule has 150 valence electrons. The summed E-state index contributed by atoms with van der Waals surface area (Å²) in [5.41, 5.74) is 11.6. The summed E-state index contributed by atoms with van der Waals surface area (Å²) in [5.74, 6) is 0. The highest BCUT2D eigenvalue weighted by Crippen LogP contribution is 2.31. The smallest absolute Gasteiger partial charge is 0.0884 e. The van der Waals surface area contributed by atoms with Crippen molar-refractivity contribution >= 4 is 22.8 Å². The number of nitrogens with zero attached hydrogens (tertiary/aromatic N) is 3. The number of hydrogen-bond donors (Lipinski definition) is 0. The predicted molar refractivity (Wildman–Crippen MR) is 125 cm³/mol. The first kappa shape index (κ1) is 18.9. The van der Waals surface area contributed by atoms with E-state index in [1.54, 1.807) is 0 Å². The second kappa shape index (κ2) is 7.98. The third-order valence-electron chi connectivity index (χ3n) is 6.19. The molecule has 0 amide bonds. The van der Waals surface area contributed by atoms with E-state index in [9.17, 15) is 0 Å². The van der Waals surface area contributed by atoms with Gasteiger partial charge in [0.25, 0.3) is 0 Å². The number of benzene rings is 2. The molecule has 2 aliphatic carbocycles. The van der Waals surface area contributed by atoms with Crippen LogP contribution in [0.4, 0.5) is 11.4 Å². The molecule has 2 aliphatic rings. The molecule has 0 N–H and O–H groups in total. The van der Waals surface area contributed by atoms with Crippen molar-refractivity contribution in [1.82, 2.24) is 4.98 Å². The van der Waals surface area contributed by atoms with Crippen LogP contribution in [-0.4, -0.2) is 16.4 Å². The van der Waals surface area contributed by atoms with E-state index in [1.807, 2.05) is 0 Å². The zero-order valence-electron chi connectivity index (χ0n) is 17.8. The van der Waals surface area contributed by atoms with Gasteiger partial charge >= 0.3 is 0 Å². The standard InChI is InChI=1S/C27H27N3/c1-18-9-3-5-13-22(18)28-24-15-7-11-20-17-21-12-8-16-25(27(21)30-26(20)24)29-23-14-6-4-10-19(23)2/h3-6,9-10,13-14,17H,7-8,11-12,15-16H2,1-2H3. The van der Waals surface area contributed by atoms with Crippen molar-refractivity contribution in [2.45, 2.75) is 52.4 Å². The average molecular weight is 394 g/mol. The van der Waals surface area contributed by atoms with Gasteiger partial charge < -0.3 is 0 Å². The van der Waals surface area contributed by atoms with Gasteiger partial charge in [-0.05, 0) is 86.8 Å². The van der Waals surface area contributed by atoms with Crippen LogP contribution in [0.3, 0.4) is 0 Å². The van der Waals surface area contributed by atoms with E-state index >= 15 is 0 Å². The Morgan fingerprint density at radius 1 is 0.633 bits per heavy atom. The van der Waals surface area contributed by atoms with Gasteiger partial charge in [-0.25, -0.2) is 4.98 Å². The molecule has 3 nitrogen and oxygen atoms in total. The first-order valence-corrected chi connectivity index (χ1v) is 11.0. The minimum absolute atomic E-state index is 0.984. The Morgan fingerprint density at radius 3 is 1.57 bits per heavy atom. The molecule has 0 fully saturated rings. The lowest BCUT2D eigenvalue weighted by atomic mass is 9.87. The van der Waals surface area contributed by atoms with Gasteiger partial charge in [-0.2, -0.15) is 0 Å². The quantitative estimate of drug-likeness (QED) is 0.482. The molecule has 0 bridgehead atoms. The average Bonchev–Trinajstić information content (AvgIpc) is 2.76. The monoisotopic (exact) mass is 393 g/mol. The number of fused-ring (bicyclic) bond motifs is 2. The molecule has 0 radical (unpaired) electrons. The minimum Gasteiger partial charge on any atom is -0.251 e. The molecule has 0 aliphatic heterocycles. The van der Waals surface area contributed by atoms with Crippen LogP contribution in [0.25, 0.3) is 0 Å². The Labute approximate surface area is 178 Å². The summed E-state index contributed by atoms with van der Waals surface area (Å²) in [6.07, 6.45) is 6.43. The number of aliphatic imine (C=N–C) groups is 2. The van der Waals surface area contributed by atoms with E-state index in [4.69, 9.17) is 15.0 Å². The number of para-hydroxylation sites is 2. The molecule has 1 heterocycles. The molecule has 0 spiro atoms. The second-order valence-electron chi connectivity index (χ2n) is 8.40.